The lowest BCUT2D eigenvalue weighted by Crippen LogP contribution is -2.40. The summed E-state index contributed by atoms with van der Waals surface area (Å²) in [4.78, 5) is 27.8. The molecule has 2 heterocycles. The van der Waals surface area contributed by atoms with E-state index in [-0.39, 0.29) is 29.0 Å². The van der Waals surface area contributed by atoms with E-state index in [0.29, 0.717) is 24.5 Å². The third-order valence-electron chi connectivity index (χ3n) is 6.87. The van der Waals surface area contributed by atoms with Gasteiger partial charge in [0.25, 0.3) is 0 Å². The molecular formula is C31H27N3O6. The monoisotopic (exact) mass is 537 g/mol. The van der Waals surface area contributed by atoms with Crippen LogP contribution in [0.3, 0.4) is 0 Å². The van der Waals surface area contributed by atoms with Gasteiger partial charge in [-0.2, -0.15) is 5.26 Å². The quantitative estimate of drug-likeness (QED) is 0.458. The van der Waals surface area contributed by atoms with Gasteiger partial charge < -0.3 is 24.7 Å². The van der Waals surface area contributed by atoms with Crippen LogP contribution in [0.2, 0.25) is 0 Å². The standard InChI is InChI=1S/C31H27N3O6/c1-37-29(35)26-25(21-6-4-3-5-7-21)24(18-32)28(33)34(27(26)30(36)38-2)23-14-12-20(13-15-23)19-8-10-22(11-9-19)31-39-16-17-40-31/h3-15,25,31H,16-17,33H2,1-2H3. The molecular weight excluding hydrogens is 510 g/mol. The average Bonchev–Trinajstić information content (AvgIpc) is 3.55. The molecule has 1 saturated heterocycles. The van der Waals surface area contributed by atoms with Crippen molar-refractivity contribution >= 4 is 17.6 Å². The molecule has 0 spiro atoms. The van der Waals surface area contributed by atoms with Gasteiger partial charge in [0, 0.05) is 11.3 Å². The fraction of sp³-hybridized carbons (Fsp3) is 0.194. The van der Waals surface area contributed by atoms with Crippen LogP contribution in [0, 0.1) is 11.3 Å². The summed E-state index contributed by atoms with van der Waals surface area (Å²) >= 11 is 0. The van der Waals surface area contributed by atoms with E-state index >= 15 is 0 Å². The molecule has 0 amide bonds. The maximum Gasteiger partial charge on any atom is 0.355 e. The Morgan fingerprint density at radius 1 is 0.850 bits per heavy atom. The third-order valence-corrected chi connectivity index (χ3v) is 6.87. The highest BCUT2D eigenvalue weighted by atomic mass is 16.7. The van der Waals surface area contributed by atoms with Gasteiger partial charge in [-0.05, 0) is 28.8 Å². The van der Waals surface area contributed by atoms with Crippen LogP contribution in [0.5, 0.6) is 0 Å². The summed E-state index contributed by atoms with van der Waals surface area (Å²) in [6.45, 7) is 1.14. The number of esters is 2. The lowest BCUT2D eigenvalue weighted by atomic mass is 9.81. The fourth-order valence-electron chi connectivity index (χ4n) is 4.97. The molecule has 0 aromatic heterocycles. The summed E-state index contributed by atoms with van der Waals surface area (Å²) in [5.41, 5.74) is 10.4. The SMILES string of the molecule is COC(=O)C1=C(C(=O)OC)N(c2ccc(-c3ccc(C4OCCO4)cc3)cc2)C(N)=C(C#N)C1c1ccccc1. The van der Waals surface area contributed by atoms with Gasteiger partial charge in [-0.1, -0.05) is 66.7 Å². The Bertz CT molecular complexity index is 1520. The summed E-state index contributed by atoms with van der Waals surface area (Å²) < 4.78 is 21.3. The number of nitriles is 1. The van der Waals surface area contributed by atoms with E-state index in [1.54, 1.807) is 36.4 Å². The Morgan fingerprint density at radius 3 is 1.98 bits per heavy atom. The van der Waals surface area contributed by atoms with Crippen molar-refractivity contribution in [1.82, 2.24) is 0 Å². The van der Waals surface area contributed by atoms with Gasteiger partial charge in [0.1, 0.15) is 11.5 Å². The molecule has 9 heteroatoms. The summed E-state index contributed by atoms with van der Waals surface area (Å²) in [6.07, 6.45) is -0.355. The Kier molecular flexibility index (Phi) is 7.64. The third kappa shape index (κ3) is 4.82. The molecule has 3 aromatic rings. The van der Waals surface area contributed by atoms with Crippen LogP contribution in [-0.4, -0.2) is 39.4 Å². The maximum atomic E-state index is 13.2. The molecule has 5 rings (SSSR count). The zero-order valence-corrected chi connectivity index (χ0v) is 22.0. The molecule has 202 valence electrons. The van der Waals surface area contributed by atoms with Gasteiger partial charge in [0.05, 0.1) is 50.6 Å². The molecule has 2 N–H and O–H groups in total. The van der Waals surface area contributed by atoms with Crippen molar-refractivity contribution in [2.24, 2.45) is 5.73 Å². The molecule has 0 bridgehead atoms. The predicted octanol–water partition coefficient (Wildman–Crippen LogP) is 4.30. The van der Waals surface area contributed by atoms with Crippen molar-refractivity contribution in [3.05, 3.63) is 113 Å². The topological polar surface area (TPSA) is 124 Å². The summed E-state index contributed by atoms with van der Waals surface area (Å²) in [5.74, 6) is -2.48. The number of nitrogens with two attached hydrogens (primary N) is 1. The first-order valence-electron chi connectivity index (χ1n) is 12.6. The molecule has 0 saturated carbocycles. The highest BCUT2D eigenvalue weighted by molar-refractivity contribution is 6.06. The van der Waals surface area contributed by atoms with Crippen molar-refractivity contribution in [3.63, 3.8) is 0 Å². The first kappa shape index (κ1) is 26.7. The second-order valence-electron chi connectivity index (χ2n) is 9.08. The Hall–Kier alpha value is -4.91. The molecule has 0 aliphatic carbocycles. The second kappa shape index (κ2) is 11.5. The normalized spacial score (nSPS) is 17.5. The number of allylic oxidation sites excluding steroid dienone is 1. The smallest absolute Gasteiger partial charge is 0.355 e. The molecule has 1 atom stereocenters. The predicted molar refractivity (Wildman–Crippen MR) is 146 cm³/mol. The Labute approximate surface area is 231 Å². The van der Waals surface area contributed by atoms with Gasteiger partial charge in [0.15, 0.2) is 6.29 Å². The van der Waals surface area contributed by atoms with Crippen molar-refractivity contribution in [2.45, 2.75) is 12.2 Å². The first-order valence-corrected chi connectivity index (χ1v) is 12.6. The number of anilines is 1. The Balaban J connectivity index is 1.59. The highest BCUT2D eigenvalue weighted by Crippen LogP contribution is 2.43. The molecule has 3 aromatic carbocycles. The van der Waals surface area contributed by atoms with Gasteiger partial charge >= 0.3 is 11.9 Å². The van der Waals surface area contributed by atoms with E-state index in [4.69, 9.17) is 24.7 Å². The van der Waals surface area contributed by atoms with Crippen LogP contribution in [0.4, 0.5) is 5.69 Å². The number of carbonyl (C=O) groups excluding carboxylic acids is 2. The number of carbonyl (C=O) groups is 2. The largest absolute Gasteiger partial charge is 0.466 e. The minimum absolute atomic E-state index is 0.0121. The average molecular weight is 538 g/mol. The molecule has 1 unspecified atom stereocenters. The highest BCUT2D eigenvalue weighted by Gasteiger charge is 2.43. The number of methoxy groups -OCH3 is 2. The van der Waals surface area contributed by atoms with E-state index in [9.17, 15) is 14.9 Å². The van der Waals surface area contributed by atoms with E-state index in [1.807, 2.05) is 42.5 Å². The van der Waals surface area contributed by atoms with Crippen molar-refractivity contribution in [2.75, 3.05) is 32.3 Å². The molecule has 2 aliphatic heterocycles. The minimum atomic E-state index is -0.922. The number of hydrogen-bond donors (Lipinski definition) is 1. The van der Waals surface area contributed by atoms with E-state index in [2.05, 4.69) is 6.07 Å². The van der Waals surface area contributed by atoms with Crippen molar-refractivity contribution in [1.29, 1.82) is 5.26 Å². The van der Waals surface area contributed by atoms with E-state index in [1.165, 1.54) is 19.1 Å². The molecule has 0 radical (unpaired) electrons. The molecule has 9 nitrogen and oxygen atoms in total. The van der Waals surface area contributed by atoms with Gasteiger partial charge in [0.2, 0.25) is 0 Å². The van der Waals surface area contributed by atoms with Gasteiger partial charge in [-0.15, -0.1) is 0 Å². The minimum Gasteiger partial charge on any atom is -0.466 e. The number of nitrogens with zero attached hydrogens (tertiary/aromatic N) is 2. The van der Waals surface area contributed by atoms with E-state index < -0.39 is 17.9 Å². The van der Waals surface area contributed by atoms with Crippen LogP contribution in [0.15, 0.2) is 102 Å². The summed E-state index contributed by atoms with van der Waals surface area (Å²) in [6, 6.07) is 26.1. The van der Waals surface area contributed by atoms with Crippen LogP contribution < -0.4 is 10.6 Å². The van der Waals surface area contributed by atoms with Gasteiger partial charge in [-0.3, -0.25) is 4.90 Å². The first-order chi connectivity index (χ1) is 19.5. The number of ether oxygens (including phenoxy) is 4. The van der Waals surface area contributed by atoms with Crippen LogP contribution in [-0.2, 0) is 28.5 Å². The zero-order valence-electron chi connectivity index (χ0n) is 22.0. The molecule has 1 fully saturated rings. The van der Waals surface area contributed by atoms with E-state index in [0.717, 1.165) is 16.7 Å². The fourth-order valence-corrected chi connectivity index (χ4v) is 4.97. The zero-order chi connectivity index (χ0) is 28.2. The van der Waals surface area contributed by atoms with Gasteiger partial charge in [-0.25, -0.2) is 9.59 Å². The van der Waals surface area contributed by atoms with Crippen LogP contribution in [0.25, 0.3) is 11.1 Å². The number of benzene rings is 3. The van der Waals surface area contributed by atoms with Crippen LogP contribution in [0.1, 0.15) is 23.3 Å². The lowest BCUT2D eigenvalue weighted by Gasteiger charge is -2.36. The summed E-state index contributed by atoms with van der Waals surface area (Å²) in [7, 11) is 2.43. The summed E-state index contributed by atoms with van der Waals surface area (Å²) in [5, 5.41) is 10.2. The Morgan fingerprint density at radius 2 is 1.43 bits per heavy atom. The number of rotatable bonds is 6. The molecule has 40 heavy (non-hydrogen) atoms. The van der Waals surface area contributed by atoms with Crippen LogP contribution >= 0.6 is 0 Å². The van der Waals surface area contributed by atoms with Crippen molar-refractivity contribution < 1.29 is 28.5 Å². The van der Waals surface area contributed by atoms with Crippen molar-refractivity contribution in [3.8, 4) is 17.2 Å². The number of hydrogen-bond acceptors (Lipinski definition) is 9. The maximum absolute atomic E-state index is 13.2. The lowest BCUT2D eigenvalue weighted by molar-refractivity contribution is -0.139. The second-order valence-corrected chi connectivity index (χ2v) is 9.08. The molecule has 2 aliphatic rings.